The molecule has 8 nitrogen and oxygen atoms in total. The van der Waals surface area contributed by atoms with E-state index in [2.05, 4.69) is 15.5 Å². The largest absolute Gasteiger partial charge is 0.481 e. The Labute approximate surface area is 126 Å². The molecule has 22 heavy (non-hydrogen) atoms. The zero-order valence-corrected chi connectivity index (χ0v) is 12.3. The number of hydrogen-bond acceptors (Lipinski definition) is 4. The van der Waals surface area contributed by atoms with Gasteiger partial charge in [-0.15, -0.1) is 0 Å². The van der Waals surface area contributed by atoms with Gasteiger partial charge in [-0.2, -0.15) is 5.10 Å². The highest BCUT2D eigenvalue weighted by Crippen LogP contribution is 2.37. The van der Waals surface area contributed by atoms with Crippen LogP contribution in [0.2, 0.25) is 0 Å². The summed E-state index contributed by atoms with van der Waals surface area (Å²) in [6.07, 6.45) is 0.914. The lowest BCUT2D eigenvalue weighted by molar-refractivity contribution is -0.144. The fourth-order valence-electron chi connectivity index (χ4n) is 3.39. The van der Waals surface area contributed by atoms with Gasteiger partial charge >= 0.3 is 5.97 Å². The zero-order valence-electron chi connectivity index (χ0n) is 12.3. The molecule has 1 spiro atoms. The van der Waals surface area contributed by atoms with Crippen LogP contribution in [0.25, 0.3) is 0 Å². The van der Waals surface area contributed by atoms with Gasteiger partial charge in [0, 0.05) is 25.2 Å². The molecule has 2 saturated heterocycles. The summed E-state index contributed by atoms with van der Waals surface area (Å²) in [5, 5.41) is 18.8. The molecule has 2 fully saturated rings. The standard InChI is InChI=1S/C14H18N4O4/c1-8-6-10(17-16-8)12(20)18-4-2-14(3-5-18)9(13(21)22)7-11(19)15-14/h6,9H,2-5,7H2,1H3,(H,15,19)(H,16,17)(H,21,22)/t9-/m0/s1. The molecular weight excluding hydrogens is 288 g/mol. The molecule has 2 aliphatic heterocycles. The first-order valence-electron chi connectivity index (χ1n) is 7.26. The predicted molar refractivity (Wildman–Crippen MR) is 75.1 cm³/mol. The molecule has 0 aliphatic carbocycles. The monoisotopic (exact) mass is 306 g/mol. The first-order chi connectivity index (χ1) is 10.4. The first kappa shape index (κ1) is 14.6. The summed E-state index contributed by atoms with van der Waals surface area (Å²) in [6, 6.07) is 1.68. The number of carboxylic acids is 1. The number of nitrogens with zero attached hydrogens (tertiary/aromatic N) is 2. The Hall–Kier alpha value is -2.38. The fourth-order valence-corrected chi connectivity index (χ4v) is 3.39. The van der Waals surface area contributed by atoms with Gasteiger partial charge in [0.2, 0.25) is 5.91 Å². The Morgan fingerprint density at radius 2 is 2.09 bits per heavy atom. The molecule has 118 valence electrons. The zero-order chi connectivity index (χ0) is 15.9. The number of carbonyl (C=O) groups excluding carboxylic acids is 2. The highest BCUT2D eigenvalue weighted by molar-refractivity contribution is 5.93. The molecule has 1 aromatic rings. The molecule has 0 aromatic carbocycles. The average molecular weight is 306 g/mol. The highest BCUT2D eigenvalue weighted by atomic mass is 16.4. The number of carboxylic acid groups (broad SMARTS) is 1. The second-order valence-corrected chi connectivity index (χ2v) is 6.03. The van der Waals surface area contributed by atoms with Crippen LogP contribution >= 0.6 is 0 Å². The summed E-state index contributed by atoms with van der Waals surface area (Å²) >= 11 is 0. The SMILES string of the molecule is Cc1cc(C(=O)N2CCC3(CC2)NC(=O)C[C@H]3C(=O)O)n[nH]1. The Balaban J connectivity index is 1.71. The molecule has 3 rings (SSSR count). The van der Waals surface area contributed by atoms with E-state index in [9.17, 15) is 19.5 Å². The molecule has 0 saturated carbocycles. The van der Waals surface area contributed by atoms with Crippen LogP contribution in [0.3, 0.4) is 0 Å². The molecular formula is C14H18N4O4. The lowest BCUT2D eigenvalue weighted by Crippen LogP contribution is -2.56. The Kier molecular flexibility index (Phi) is 3.38. The summed E-state index contributed by atoms with van der Waals surface area (Å²) in [7, 11) is 0. The summed E-state index contributed by atoms with van der Waals surface area (Å²) in [4.78, 5) is 37.0. The number of H-pyrrole nitrogens is 1. The normalized spacial score (nSPS) is 23.6. The van der Waals surface area contributed by atoms with Gasteiger partial charge in [0.15, 0.2) is 0 Å². The van der Waals surface area contributed by atoms with Gasteiger partial charge in [0.1, 0.15) is 5.69 Å². The number of likely N-dealkylation sites (tertiary alicyclic amines) is 1. The molecule has 1 aromatic heterocycles. The minimum absolute atomic E-state index is 0.0157. The number of aromatic nitrogens is 2. The molecule has 1 atom stereocenters. The minimum Gasteiger partial charge on any atom is -0.481 e. The van der Waals surface area contributed by atoms with Crippen LogP contribution in [0.5, 0.6) is 0 Å². The fraction of sp³-hybridized carbons (Fsp3) is 0.571. The third-order valence-corrected chi connectivity index (χ3v) is 4.61. The van der Waals surface area contributed by atoms with E-state index in [-0.39, 0.29) is 18.2 Å². The lowest BCUT2D eigenvalue weighted by atomic mass is 9.77. The van der Waals surface area contributed by atoms with E-state index in [1.165, 1.54) is 0 Å². The van der Waals surface area contributed by atoms with Crippen molar-refractivity contribution in [1.29, 1.82) is 0 Å². The van der Waals surface area contributed by atoms with Gasteiger partial charge in [-0.3, -0.25) is 19.5 Å². The van der Waals surface area contributed by atoms with E-state index in [0.717, 1.165) is 5.69 Å². The van der Waals surface area contributed by atoms with Crippen LogP contribution in [0.4, 0.5) is 0 Å². The second-order valence-electron chi connectivity index (χ2n) is 6.03. The Bertz CT molecular complexity index is 631. The summed E-state index contributed by atoms with van der Waals surface area (Å²) in [5.74, 6) is -2.07. The first-order valence-corrected chi connectivity index (χ1v) is 7.26. The van der Waals surface area contributed by atoms with Gasteiger partial charge in [0.25, 0.3) is 5.91 Å². The van der Waals surface area contributed by atoms with Crippen molar-refractivity contribution >= 4 is 17.8 Å². The van der Waals surface area contributed by atoms with Crippen LogP contribution in [0, 0.1) is 12.8 Å². The smallest absolute Gasteiger partial charge is 0.309 e. The summed E-state index contributed by atoms with van der Waals surface area (Å²) < 4.78 is 0. The van der Waals surface area contributed by atoms with Crippen LogP contribution in [0.1, 0.15) is 35.4 Å². The van der Waals surface area contributed by atoms with Gasteiger partial charge < -0.3 is 15.3 Å². The van der Waals surface area contributed by atoms with Crippen LogP contribution < -0.4 is 5.32 Å². The summed E-state index contributed by atoms with van der Waals surface area (Å²) in [6.45, 7) is 2.64. The van der Waals surface area contributed by atoms with Crippen molar-refractivity contribution < 1.29 is 19.5 Å². The number of nitrogens with one attached hydrogen (secondary N) is 2. The van der Waals surface area contributed by atoms with Crippen molar-refractivity contribution in [2.45, 2.75) is 31.7 Å². The van der Waals surface area contributed by atoms with Crippen molar-refractivity contribution in [2.75, 3.05) is 13.1 Å². The molecule has 0 unspecified atom stereocenters. The molecule has 3 heterocycles. The molecule has 8 heteroatoms. The van der Waals surface area contributed by atoms with Crippen LogP contribution in [-0.2, 0) is 9.59 Å². The Morgan fingerprint density at radius 3 is 2.64 bits per heavy atom. The topological polar surface area (TPSA) is 115 Å². The number of aliphatic carboxylic acids is 1. The summed E-state index contributed by atoms with van der Waals surface area (Å²) in [5.41, 5.74) is 0.450. The minimum atomic E-state index is -0.957. The van der Waals surface area contributed by atoms with Crippen LogP contribution in [0.15, 0.2) is 6.07 Å². The highest BCUT2D eigenvalue weighted by Gasteiger charge is 2.52. The number of aromatic amines is 1. The van der Waals surface area contributed by atoms with E-state index < -0.39 is 17.4 Å². The van der Waals surface area contributed by atoms with E-state index >= 15 is 0 Å². The number of rotatable bonds is 2. The maximum absolute atomic E-state index is 12.3. The number of carbonyl (C=O) groups is 3. The third kappa shape index (κ3) is 2.34. The number of amides is 2. The Morgan fingerprint density at radius 1 is 1.41 bits per heavy atom. The van der Waals surface area contributed by atoms with Crippen molar-refractivity contribution in [3.8, 4) is 0 Å². The van der Waals surface area contributed by atoms with Gasteiger partial charge in [-0.05, 0) is 25.8 Å². The van der Waals surface area contributed by atoms with Crippen LogP contribution in [-0.4, -0.2) is 56.6 Å². The number of aryl methyl sites for hydroxylation is 1. The van der Waals surface area contributed by atoms with Crippen molar-refractivity contribution in [3.05, 3.63) is 17.5 Å². The average Bonchev–Trinajstić information content (AvgIpc) is 3.03. The lowest BCUT2D eigenvalue weighted by Gasteiger charge is -2.41. The van der Waals surface area contributed by atoms with Gasteiger partial charge in [-0.25, -0.2) is 0 Å². The quantitative estimate of drug-likeness (QED) is 0.706. The van der Waals surface area contributed by atoms with Crippen molar-refractivity contribution in [2.24, 2.45) is 5.92 Å². The number of hydrogen-bond donors (Lipinski definition) is 3. The number of piperidine rings is 1. The maximum atomic E-state index is 12.3. The van der Waals surface area contributed by atoms with E-state index in [1.807, 2.05) is 6.92 Å². The second kappa shape index (κ2) is 5.11. The molecule has 2 amide bonds. The van der Waals surface area contributed by atoms with E-state index in [0.29, 0.717) is 31.6 Å². The van der Waals surface area contributed by atoms with Crippen molar-refractivity contribution in [1.82, 2.24) is 20.4 Å². The molecule has 0 radical (unpaired) electrons. The van der Waals surface area contributed by atoms with E-state index in [4.69, 9.17) is 0 Å². The van der Waals surface area contributed by atoms with Crippen molar-refractivity contribution in [3.63, 3.8) is 0 Å². The third-order valence-electron chi connectivity index (χ3n) is 4.61. The van der Waals surface area contributed by atoms with E-state index in [1.54, 1.807) is 11.0 Å². The molecule has 2 aliphatic rings. The molecule has 3 N–H and O–H groups in total. The molecule has 0 bridgehead atoms. The maximum Gasteiger partial charge on any atom is 0.309 e. The predicted octanol–water partition coefficient (Wildman–Crippen LogP) is -0.0864. The van der Waals surface area contributed by atoms with Gasteiger partial charge in [-0.1, -0.05) is 0 Å². The van der Waals surface area contributed by atoms with Gasteiger partial charge in [0.05, 0.1) is 11.5 Å².